The average molecular weight is 338 g/mol. The minimum Gasteiger partial charge on any atom is -0.390 e. The van der Waals surface area contributed by atoms with Gasteiger partial charge in [0.1, 0.15) is 0 Å². The van der Waals surface area contributed by atoms with E-state index in [0.29, 0.717) is 0 Å². The van der Waals surface area contributed by atoms with Crippen molar-refractivity contribution in [3.8, 4) is 0 Å². The fourth-order valence-corrected chi connectivity index (χ4v) is 4.56. The number of aliphatic hydroxyl groups is 1. The molecule has 1 fully saturated rings. The SMILES string of the molecule is CN(C)C(c1ccccc1)C1CCCCC1(O)CCc1ccccc1. The Bertz CT molecular complexity index is 640. The molecule has 0 aromatic heterocycles. The molecule has 3 rings (SSSR count). The zero-order chi connectivity index (χ0) is 17.7. The molecule has 0 amide bonds. The highest BCUT2D eigenvalue weighted by atomic mass is 16.3. The molecule has 1 aliphatic rings. The maximum atomic E-state index is 11.6. The van der Waals surface area contributed by atoms with Crippen LogP contribution < -0.4 is 0 Å². The van der Waals surface area contributed by atoms with Crippen molar-refractivity contribution in [3.63, 3.8) is 0 Å². The van der Waals surface area contributed by atoms with Gasteiger partial charge >= 0.3 is 0 Å². The highest BCUT2D eigenvalue weighted by Crippen LogP contribution is 2.45. The Kier molecular flexibility index (Phi) is 5.93. The summed E-state index contributed by atoms with van der Waals surface area (Å²) in [6.07, 6.45) is 6.17. The van der Waals surface area contributed by atoms with Gasteiger partial charge in [0.2, 0.25) is 0 Å². The van der Waals surface area contributed by atoms with Crippen LogP contribution in [0.5, 0.6) is 0 Å². The Morgan fingerprint density at radius 3 is 2.28 bits per heavy atom. The van der Waals surface area contributed by atoms with Gasteiger partial charge in [-0.05, 0) is 50.9 Å². The van der Waals surface area contributed by atoms with Crippen molar-refractivity contribution in [2.75, 3.05) is 14.1 Å². The molecule has 0 radical (unpaired) electrons. The molecule has 2 heteroatoms. The molecule has 3 unspecified atom stereocenters. The van der Waals surface area contributed by atoms with Gasteiger partial charge in [0.25, 0.3) is 0 Å². The number of aryl methyl sites for hydroxylation is 1. The van der Waals surface area contributed by atoms with E-state index in [0.717, 1.165) is 32.1 Å². The largest absolute Gasteiger partial charge is 0.390 e. The molecule has 2 aromatic carbocycles. The standard InChI is InChI=1S/C23H31NO/c1-24(2)22(20-13-7-4-8-14-20)21-15-9-10-17-23(21,25)18-16-19-11-5-3-6-12-19/h3-8,11-14,21-22,25H,9-10,15-18H2,1-2H3. The van der Waals surface area contributed by atoms with Gasteiger partial charge in [-0.1, -0.05) is 73.5 Å². The predicted octanol–water partition coefficient (Wildman–Crippen LogP) is 4.84. The summed E-state index contributed by atoms with van der Waals surface area (Å²) in [5, 5.41) is 11.6. The Morgan fingerprint density at radius 2 is 1.64 bits per heavy atom. The molecular formula is C23H31NO. The quantitative estimate of drug-likeness (QED) is 0.815. The van der Waals surface area contributed by atoms with Crippen LogP contribution in [0.3, 0.4) is 0 Å². The molecule has 0 bridgehead atoms. The van der Waals surface area contributed by atoms with Crippen molar-refractivity contribution in [2.24, 2.45) is 5.92 Å². The van der Waals surface area contributed by atoms with Gasteiger partial charge in [0.05, 0.1) is 5.60 Å². The van der Waals surface area contributed by atoms with Gasteiger partial charge in [0, 0.05) is 12.0 Å². The molecular weight excluding hydrogens is 306 g/mol. The first-order valence-corrected chi connectivity index (χ1v) is 9.58. The summed E-state index contributed by atoms with van der Waals surface area (Å²) in [5.41, 5.74) is 2.05. The summed E-state index contributed by atoms with van der Waals surface area (Å²) in [5.74, 6) is 0.280. The first kappa shape index (κ1) is 18.2. The van der Waals surface area contributed by atoms with Crippen LogP contribution in [0.1, 0.15) is 49.3 Å². The van der Waals surface area contributed by atoms with Crippen LogP contribution in [0.25, 0.3) is 0 Å². The number of hydrogen-bond acceptors (Lipinski definition) is 2. The lowest BCUT2D eigenvalue weighted by atomic mass is 9.67. The molecule has 2 nitrogen and oxygen atoms in total. The van der Waals surface area contributed by atoms with E-state index in [1.165, 1.54) is 17.5 Å². The van der Waals surface area contributed by atoms with Crippen LogP contribution in [-0.2, 0) is 6.42 Å². The Balaban J connectivity index is 1.83. The highest BCUT2D eigenvalue weighted by molar-refractivity contribution is 5.22. The second kappa shape index (κ2) is 8.16. The maximum Gasteiger partial charge on any atom is 0.0697 e. The summed E-state index contributed by atoms with van der Waals surface area (Å²) in [4.78, 5) is 2.29. The molecule has 1 saturated carbocycles. The number of hydrogen-bond donors (Lipinski definition) is 1. The zero-order valence-electron chi connectivity index (χ0n) is 15.6. The van der Waals surface area contributed by atoms with Gasteiger partial charge in [-0.3, -0.25) is 0 Å². The maximum absolute atomic E-state index is 11.6. The van der Waals surface area contributed by atoms with E-state index >= 15 is 0 Å². The summed E-state index contributed by atoms with van der Waals surface area (Å²) in [6, 6.07) is 21.5. The molecule has 3 atom stereocenters. The van der Waals surface area contributed by atoms with E-state index in [1.807, 2.05) is 0 Å². The molecule has 1 aliphatic carbocycles. The van der Waals surface area contributed by atoms with Crippen LogP contribution in [0.15, 0.2) is 60.7 Å². The fraction of sp³-hybridized carbons (Fsp3) is 0.478. The van der Waals surface area contributed by atoms with E-state index < -0.39 is 5.60 Å². The second-order valence-corrected chi connectivity index (χ2v) is 7.76. The summed E-state index contributed by atoms with van der Waals surface area (Å²) < 4.78 is 0. The number of benzene rings is 2. The van der Waals surface area contributed by atoms with E-state index in [9.17, 15) is 5.11 Å². The van der Waals surface area contributed by atoms with Crippen molar-refractivity contribution in [3.05, 3.63) is 71.8 Å². The Morgan fingerprint density at radius 1 is 1.00 bits per heavy atom. The van der Waals surface area contributed by atoms with Crippen molar-refractivity contribution < 1.29 is 5.11 Å². The second-order valence-electron chi connectivity index (χ2n) is 7.76. The zero-order valence-corrected chi connectivity index (χ0v) is 15.6. The van der Waals surface area contributed by atoms with Gasteiger partial charge in [-0.2, -0.15) is 0 Å². The van der Waals surface area contributed by atoms with Gasteiger partial charge < -0.3 is 10.0 Å². The predicted molar refractivity (Wildman–Crippen MR) is 105 cm³/mol. The van der Waals surface area contributed by atoms with E-state index in [2.05, 4.69) is 79.7 Å². The van der Waals surface area contributed by atoms with Crippen molar-refractivity contribution >= 4 is 0 Å². The normalized spacial score (nSPS) is 25.0. The van der Waals surface area contributed by atoms with Crippen molar-refractivity contribution in [2.45, 2.75) is 50.2 Å². The monoisotopic (exact) mass is 337 g/mol. The summed E-state index contributed by atoms with van der Waals surface area (Å²) >= 11 is 0. The molecule has 0 aliphatic heterocycles. The van der Waals surface area contributed by atoms with Crippen LogP contribution >= 0.6 is 0 Å². The summed E-state index contributed by atoms with van der Waals surface area (Å²) in [6.45, 7) is 0. The molecule has 1 N–H and O–H groups in total. The number of rotatable bonds is 6. The van der Waals surface area contributed by atoms with Crippen molar-refractivity contribution in [1.82, 2.24) is 4.90 Å². The minimum atomic E-state index is -0.584. The first-order chi connectivity index (χ1) is 12.1. The van der Waals surface area contributed by atoms with Gasteiger partial charge in [0.15, 0.2) is 0 Å². The minimum absolute atomic E-state index is 0.266. The molecule has 0 spiro atoms. The summed E-state index contributed by atoms with van der Waals surface area (Å²) in [7, 11) is 4.29. The van der Waals surface area contributed by atoms with Crippen LogP contribution in [0.4, 0.5) is 0 Å². The molecule has 0 heterocycles. The Labute approximate surface area is 152 Å². The third kappa shape index (κ3) is 4.31. The fourth-order valence-electron chi connectivity index (χ4n) is 4.56. The van der Waals surface area contributed by atoms with Gasteiger partial charge in [-0.15, -0.1) is 0 Å². The lowest BCUT2D eigenvalue weighted by Crippen LogP contribution is -2.47. The Hall–Kier alpha value is -1.64. The highest BCUT2D eigenvalue weighted by Gasteiger charge is 2.43. The molecule has 2 aromatic rings. The third-order valence-electron chi connectivity index (χ3n) is 5.83. The molecule has 0 saturated heterocycles. The van der Waals surface area contributed by atoms with E-state index in [1.54, 1.807) is 0 Å². The van der Waals surface area contributed by atoms with E-state index in [4.69, 9.17) is 0 Å². The van der Waals surface area contributed by atoms with E-state index in [-0.39, 0.29) is 12.0 Å². The van der Waals surface area contributed by atoms with Gasteiger partial charge in [-0.25, -0.2) is 0 Å². The van der Waals surface area contributed by atoms with Crippen LogP contribution in [0, 0.1) is 5.92 Å². The topological polar surface area (TPSA) is 23.5 Å². The van der Waals surface area contributed by atoms with Crippen LogP contribution in [0.2, 0.25) is 0 Å². The molecule has 25 heavy (non-hydrogen) atoms. The average Bonchev–Trinajstić information content (AvgIpc) is 2.64. The smallest absolute Gasteiger partial charge is 0.0697 e. The van der Waals surface area contributed by atoms with Crippen molar-refractivity contribution in [1.29, 1.82) is 0 Å². The lowest BCUT2D eigenvalue weighted by molar-refractivity contribution is -0.0828. The third-order valence-corrected chi connectivity index (χ3v) is 5.83. The lowest BCUT2D eigenvalue weighted by Gasteiger charge is -2.46. The molecule has 134 valence electrons. The van der Waals surface area contributed by atoms with Crippen LogP contribution in [-0.4, -0.2) is 29.7 Å². The number of nitrogens with zero attached hydrogens (tertiary/aromatic N) is 1. The first-order valence-electron chi connectivity index (χ1n) is 9.58.